The Hall–Kier alpha value is -1.36. The van der Waals surface area contributed by atoms with E-state index in [1.807, 2.05) is 13.0 Å². The fourth-order valence-electron chi connectivity index (χ4n) is 1.88. The van der Waals surface area contributed by atoms with Crippen molar-refractivity contribution in [2.75, 3.05) is 17.3 Å². The molecule has 5 nitrogen and oxygen atoms in total. The molecule has 4 N–H and O–H groups in total. The molecule has 1 heterocycles. The molecule has 0 aromatic carbocycles. The summed E-state index contributed by atoms with van der Waals surface area (Å²) in [7, 11) is 0. The molecule has 0 radical (unpaired) electrons. The fraction of sp³-hybridized carbons (Fsp3) is 0.636. The standard InChI is InChI=1S/C11H19N5/c1-7-4-9(15-10(14-7)16-12)13-6-8-5-11(8,2)3/h4,8H,5-6,12H2,1-3H3,(H2,13,14,15,16). The van der Waals surface area contributed by atoms with Crippen molar-refractivity contribution in [3.05, 3.63) is 11.8 Å². The maximum Gasteiger partial charge on any atom is 0.239 e. The zero-order valence-corrected chi connectivity index (χ0v) is 10.0. The largest absolute Gasteiger partial charge is 0.370 e. The predicted octanol–water partition coefficient (Wildman–Crippen LogP) is 1.53. The number of nitrogens with two attached hydrogens (primary N) is 1. The van der Waals surface area contributed by atoms with Gasteiger partial charge in [0, 0.05) is 18.3 Å². The van der Waals surface area contributed by atoms with Crippen LogP contribution in [0.15, 0.2) is 6.07 Å². The molecule has 0 bridgehead atoms. The summed E-state index contributed by atoms with van der Waals surface area (Å²) in [6.07, 6.45) is 1.28. The lowest BCUT2D eigenvalue weighted by atomic mass is 10.1. The van der Waals surface area contributed by atoms with Gasteiger partial charge in [-0.1, -0.05) is 13.8 Å². The Bertz CT molecular complexity index is 388. The number of nitrogen functional groups attached to an aromatic ring is 1. The molecule has 0 saturated heterocycles. The minimum atomic E-state index is 0.456. The van der Waals surface area contributed by atoms with Crippen molar-refractivity contribution < 1.29 is 0 Å². The number of hydrogen-bond donors (Lipinski definition) is 3. The predicted molar refractivity (Wildman–Crippen MR) is 65.0 cm³/mol. The molecule has 16 heavy (non-hydrogen) atoms. The Morgan fingerprint density at radius 2 is 2.19 bits per heavy atom. The minimum Gasteiger partial charge on any atom is -0.370 e. The number of nitrogens with zero attached hydrogens (tertiary/aromatic N) is 2. The molecule has 1 atom stereocenters. The van der Waals surface area contributed by atoms with Gasteiger partial charge in [0.05, 0.1) is 0 Å². The first-order valence-corrected chi connectivity index (χ1v) is 5.57. The summed E-state index contributed by atoms with van der Waals surface area (Å²) in [6, 6.07) is 1.93. The van der Waals surface area contributed by atoms with Crippen LogP contribution in [0.4, 0.5) is 11.8 Å². The zero-order valence-electron chi connectivity index (χ0n) is 10.0. The molecule has 1 fully saturated rings. The number of anilines is 2. The average Bonchev–Trinajstić information content (AvgIpc) is 2.83. The van der Waals surface area contributed by atoms with Crippen LogP contribution in [0.25, 0.3) is 0 Å². The summed E-state index contributed by atoms with van der Waals surface area (Å²) in [5, 5.41) is 3.33. The molecule has 1 aliphatic carbocycles. The van der Waals surface area contributed by atoms with Crippen molar-refractivity contribution in [2.24, 2.45) is 17.2 Å². The number of rotatable bonds is 4. The second-order valence-electron chi connectivity index (χ2n) is 5.13. The number of aromatic nitrogens is 2. The number of aryl methyl sites for hydroxylation is 1. The van der Waals surface area contributed by atoms with Crippen LogP contribution < -0.4 is 16.6 Å². The highest BCUT2D eigenvalue weighted by atomic mass is 15.3. The molecular formula is C11H19N5. The van der Waals surface area contributed by atoms with Gasteiger partial charge in [-0.15, -0.1) is 0 Å². The average molecular weight is 221 g/mol. The van der Waals surface area contributed by atoms with E-state index < -0.39 is 0 Å². The molecule has 1 aromatic heterocycles. The Kier molecular flexibility index (Phi) is 2.71. The van der Waals surface area contributed by atoms with E-state index in [1.54, 1.807) is 0 Å². The van der Waals surface area contributed by atoms with Crippen LogP contribution in [0.3, 0.4) is 0 Å². The molecular weight excluding hydrogens is 202 g/mol. The maximum atomic E-state index is 5.30. The van der Waals surface area contributed by atoms with E-state index in [-0.39, 0.29) is 0 Å². The number of hydrogen-bond acceptors (Lipinski definition) is 5. The van der Waals surface area contributed by atoms with Gasteiger partial charge in [0.25, 0.3) is 0 Å². The highest BCUT2D eigenvalue weighted by molar-refractivity contribution is 5.41. The van der Waals surface area contributed by atoms with Gasteiger partial charge in [0.1, 0.15) is 5.82 Å². The first-order chi connectivity index (χ1) is 7.51. The molecule has 0 aliphatic heterocycles. The summed E-state index contributed by atoms with van der Waals surface area (Å²) < 4.78 is 0. The van der Waals surface area contributed by atoms with Crippen LogP contribution in [-0.2, 0) is 0 Å². The first kappa shape index (κ1) is 11.1. The highest BCUT2D eigenvalue weighted by Gasteiger charge is 2.44. The molecule has 1 aliphatic rings. The van der Waals surface area contributed by atoms with E-state index in [2.05, 4.69) is 34.6 Å². The van der Waals surface area contributed by atoms with E-state index in [1.165, 1.54) is 6.42 Å². The van der Waals surface area contributed by atoms with Crippen molar-refractivity contribution in [1.29, 1.82) is 0 Å². The second kappa shape index (κ2) is 3.90. The van der Waals surface area contributed by atoms with Crippen molar-refractivity contribution in [2.45, 2.75) is 27.2 Å². The highest BCUT2D eigenvalue weighted by Crippen LogP contribution is 2.51. The topological polar surface area (TPSA) is 75.9 Å². The maximum absolute atomic E-state index is 5.30. The molecule has 1 saturated carbocycles. The molecule has 1 unspecified atom stereocenters. The smallest absolute Gasteiger partial charge is 0.239 e. The fourth-order valence-corrected chi connectivity index (χ4v) is 1.88. The SMILES string of the molecule is Cc1cc(NCC2CC2(C)C)nc(NN)n1. The van der Waals surface area contributed by atoms with Crippen molar-refractivity contribution >= 4 is 11.8 Å². The van der Waals surface area contributed by atoms with Crippen molar-refractivity contribution in [1.82, 2.24) is 9.97 Å². The van der Waals surface area contributed by atoms with Gasteiger partial charge in [-0.25, -0.2) is 10.8 Å². The van der Waals surface area contributed by atoms with Gasteiger partial charge in [0.2, 0.25) is 5.95 Å². The lowest BCUT2D eigenvalue weighted by Gasteiger charge is -2.08. The molecule has 2 rings (SSSR count). The molecule has 0 spiro atoms. The Morgan fingerprint density at radius 3 is 2.75 bits per heavy atom. The van der Waals surface area contributed by atoms with Crippen LogP contribution in [0, 0.1) is 18.3 Å². The van der Waals surface area contributed by atoms with Gasteiger partial charge in [-0.05, 0) is 24.7 Å². The van der Waals surface area contributed by atoms with Gasteiger partial charge in [-0.3, -0.25) is 5.43 Å². The number of hydrazine groups is 1. The van der Waals surface area contributed by atoms with Crippen molar-refractivity contribution in [3.8, 4) is 0 Å². The molecule has 5 heteroatoms. The van der Waals surface area contributed by atoms with E-state index in [9.17, 15) is 0 Å². The second-order valence-corrected chi connectivity index (χ2v) is 5.13. The van der Waals surface area contributed by atoms with E-state index in [4.69, 9.17) is 5.84 Å². The summed E-state index contributed by atoms with van der Waals surface area (Å²) in [5.74, 6) is 7.34. The lowest BCUT2D eigenvalue weighted by Crippen LogP contribution is -2.14. The zero-order chi connectivity index (χ0) is 11.8. The lowest BCUT2D eigenvalue weighted by molar-refractivity contribution is 0.573. The van der Waals surface area contributed by atoms with Crippen LogP contribution in [0.1, 0.15) is 26.0 Å². The molecule has 1 aromatic rings. The van der Waals surface area contributed by atoms with Crippen molar-refractivity contribution in [3.63, 3.8) is 0 Å². The van der Waals surface area contributed by atoms with Crippen LogP contribution in [0.2, 0.25) is 0 Å². The van der Waals surface area contributed by atoms with E-state index >= 15 is 0 Å². The van der Waals surface area contributed by atoms with Crippen LogP contribution in [0.5, 0.6) is 0 Å². The van der Waals surface area contributed by atoms with E-state index in [0.29, 0.717) is 11.4 Å². The minimum absolute atomic E-state index is 0.456. The summed E-state index contributed by atoms with van der Waals surface area (Å²) in [4.78, 5) is 8.38. The van der Waals surface area contributed by atoms with Gasteiger partial charge >= 0.3 is 0 Å². The number of nitrogens with one attached hydrogen (secondary N) is 2. The molecule has 88 valence electrons. The Labute approximate surface area is 95.8 Å². The third-order valence-electron chi connectivity index (χ3n) is 3.23. The molecule has 0 amide bonds. The quantitative estimate of drug-likeness (QED) is 0.531. The first-order valence-electron chi connectivity index (χ1n) is 5.57. The van der Waals surface area contributed by atoms with Gasteiger partial charge in [-0.2, -0.15) is 4.98 Å². The summed E-state index contributed by atoms with van der Waals surface area (Å²) in [6.45, 7) is 7.47. The van der Waals surface area contributed by atoms with Gasteiger partial charge in [0.15, 0.2) is 0 Å². The third kappa shape index (κ3) is 2.41. The van der Waals surface area contributed by atoms with Gasteiger partial charge < -0.3 is 5.32 Å². The summed E-state index contributed by atoms with van der Waals surface area (Å²) >= 11 is 0. The van der Waals surface area contributed by atoms with Crippen LogP contribution in [-0.4, -0.2) is 16.5 Å². The van der Waals surface area contributed by atoms with Crippen LogP contribution >= 0.6 is 0 Å². The normalized spacial score (nSPS) is 21.6. The van der Waals surface area contributed by atoms with E-state index in [0.717, 1.165) is 24.0 Å². The Balaban J connectivity index is 1.96. The Morgan fingerprint density at radius 1 is 1.50 bits per heavy atom. The summed E-state index contributed by atoms with van der Waals surface area (Å²) in [5.41, 5.74) is 3.86. The third-order valence-corrected chi connectivity index (χ3v) is 3.23. The monoisotopic (exact) mass is 221 g/mol.